The second-order valence-electron chi connectivity index (χ2n) is 16.6. The van der Waals surface area contributed by atoms with E-state index in [0.29, 0.717) is 77.5 Å². The number of benzene rings is 9. The molecule has 9 heteroatoms. The number of hydrogen-bond donors (Lipinski definition) is 0. The van der Waals surface area contributed by atoms with E-state index in [-0.39, 0.29) is 22.6 Å². The molecule has 0 aliphatic carbocycles. The standard InChI is InChI=1S/C56H25FN4O4/c1-59-37-26-28(27-58)51(60-38-22-18-33-29-10-2-6-14-42(29)62-53(33)46(38)47-39(60)23-19-34-30-11-3-7-15-43(30)63-54(34)47)50(57)52(37)61-40-24-20-35-31-12-4-8-16-44(31)64-55(35)48(40)49-41(61)25-21-36-32-13-5-9-17-45(32)65-56(36)49/h2-26H. The number of fused-ring (bicyclic) bond motifs is 22. The van der Waals surface area contributed by atoms with E-state index in [1.165, 1.54) is 6.07 Å². The van der Waals surface area contributed by atoms with Crippen molar-refractivity contribution in [2.45, 2.75) is 0 Å². The molecule has 0 N–H and O–H groups in total. The molecule has 0 aliphatic rings. The SMILES string of the molecule is [C-]#[N+]c1cc(C#N)c(-n2c3ccc4c5ccccc5oc4c3c3c4oc5ccccc5c4ccc32)c(F)c1-n1c2ccc3c4ccccc4oc3c2c2c3oc4ccccc4c3ccc21. The lowest BCUT2D eigenvalue weighted by atomic mass is 10.1. The molecule has 300 valence electrons. The lowest BCUT2D eigenvalue weighted by Crippen LogP contribution is -2.07. The van der Waals surface area contributed by atoms with Crippen molar-refractivity contribution in [1.82, 2.24) is 9.13 Å². The van der Waals surface area contributed by atoms with Crippen LogP contribution in [-0.4, -0.2) is 9.13 Å². The summed E-state index contributed by atoms with van der Waals surface area (Å²) in [5, 5.41) is 21.2. The molecule has 0 saturated carbocycles. The van der Waals surface area contributed by atoms with Crippen molar-refractivity contribution < 1.29 is 22.1 Å². The molecule has 15 aromatic rings. The molecule has 0 unspecified atom stereocenters. The summed E-state index contributed by atoms with van der Waals surface area (Å²) < 4.78 is 49.2. The highest BCUT2D eigenvalue weighted by Crippen LogP contribution is 2.50. The van der Waals surface area contributed by atoms with Crippen LogP contribution in [0, 0.1) is 23.7 Å². The first-order chi connectivity index (χ1) is 32.1. The molecule has 0 radical (unpaired) electrons. The molecule has 0 bridgehead atoms. The number of furan rings is 4. The molecule has 9 aromatic carbocycles. The third-order valence-corrected chi connectivity index (χ3v) is 13.4. The van der Waals surface area contributed by atoms with Crippen LogP contribution >= 0.6 is 0 Å². The van der Waals surface area contributed by atoms with E-state index in [1.807, 2.05) is 146 Å². The van der Waals surface area contributed by atoms with Crippen molar-refractivity contribution in [2.24, 2.45) is 0 Å². The van der Waals surface area contributed by atoms with Crippen LogP contribution in [0.3, 0.4) is 0 Å². The van der Waals surface area contributed by atoms with E-state index in [0.717, 1.165) is 53.9 Å². The van der Waals surface area contributed by atoms with Gasteiger partial charge in [0.2, 0.25) is 5.69 Å². The van der Waals surface area contributed by atoms with E-state index in [4.69, 9.17) is 24.2 Å². The van der Waals surface area contributed by atoms with Crippen molar-refractivity contribution in [2.75, 3.05) is 0 Å². The van der Waals surface area contributed by atoms with Crippen molar-refractivity contribution >= 4 is 137 Å². The molecule has 65 heavy (non-hydrogen) atoms. The van der Waals surface area contributed by atoms with Gasteiger partial charge in [-0.25, -0.2) is 9.24 Å². The second-order valence-corrected chi connectivity index (χ2v) is 16.6. The quantitative estimate of drug-likeness (QED) is 0.162. The molecule has 0 aliphatic heterocycles. The lowest BCUT2D eigenvalue weighted by Gasteiger charge is -2.18. The highest BCUT2D eigenvalue weighted by Gasteiger charge is 2.31. The Kier molecular flexibility index (Phi) is 6.32. The van der Waals surface area contributed by atoms with Crippen LogP contribution in [0.25, 0.3) is 148 Å². The van der Waals surface area contributed by atoms with Gasteiger partial charge < -0.3 is 26.8 Å². The molecule has 0 fully saturated rings. The minimum atomic E-state index is -0.753. The zero-order valence-electron chi connectivity index (χ0n) is 33.7. The van der Waals surface area contributed by atoms with Gasteiger partial charge in [0.25, 0.3) is 0 Å². The smallest absolute Gasteiger partial charge is 0.215 e. The topological polar surface area (TPSA) is 90.6 Å². The Bertz CT molecular complexity index is 4210. The average molecular weight is 837 g/mol. The summed E-state index contributed by atoms with van der Waals surface area (Å²) in [5.74, 6) is -0.753. The van der Waals surface area contributed by atoms with Gasteiger partial charge in [0.05, 0.1) is 67.1 Å². The van der Waals surface area contributed by atoms with E-state index in [2.05, 4.69) is 10.9 Å². The lowest BCUT2D eigenvalue weighted by molar-refractivity contribution is 0.614. The van der Waals surface area contributed by atoms with E-state index >= 15 is 4.39 Å². The van der Waals surface area contributed by atoms with Crippen LogP contribution < -0.4 is 0 Å². The number of nitrogens with zero attached hydrogens (tertiary/aromatic N) is 4. The summed E-state index contributed by atoms with van der Waals surface area (Å²) >= 11 is 0. The molecule has 8 nitrogen and oxygen atoms in total. The predicted octanol–water partition coefficient (Wildman–Crippen LogP) is 16.0. The number of halogens is 1. The molecular weight excluding hydrogens is 812 g/mol. The maximum absolute atomic E-state index is 18.9. The fraction of sp³-hybridized carbons (Fsp3) is 0. The van der Waals surface area contributed by atoms with Crippen LogP contribution in [0.5, 0.6) is 0 Å². The first-order valence-corrected chi connectivity index (χ1v) is 21.1. The van der Waals surface area contributed by atoms with Crippen molar-refractivity contribution in [3.05, 3.63) is 174 Å². The average Bonchev–Trinajstić information content (AvgIpc) is 4.19. The van der Waals surface area contributed by atoms with Crippen molar-refractivity contribution in [3.8, 4) is 17.4 Å². The molecule has 15 rings (SSSR count). The van der Waals surface area contributed by atoms with Gasteiger partial charge in [-0.2, -0.15) is 5.26 Å². The maximum atomic E-state index is 18.9. The molecular formula is C56H25FN4O4. The Hall–Kier alpha value is -9.31. The molecule has 6 aromatic heterocycles. The van der Waals surface area contributed by atoms with Gasteiger partial charge in [-0.05, 0) is 78.9 Å². The fourth-order valence-electron chi connectivity index (χ4n) is 10.8. The number of aromatic nitrogens is 2. The molecule has 0 amide bonds. The van der Waals surface area contributed by atoms with Crippen LogP contribution in [0.2, 0.25) is 0 Å². The first kappa shape index (κ1) is 34.3. The first-order valence-electron chi connectivity index (χ1n) is 21.1. The summed E-state index contributed by atoms with van der Waals surface area (Å²) in [7, 11) is 0. The zero-order chi connectivity index (χ0) is 42.8. The Morgan fingerprint density at radius 1 is 0.431 bits per heavy atom. The number of hydrogen-bond acceptors (Lipinski definition) is 5. The summed E-state index contributed by atoms with van der Waals surface area (Å²) in [6.45, 7) is 8.54. The van der Waals surface area contributed by atoms with E-state index in [9.17, 15) is 5.26 Å². The van der Waals surface area contributed by atoms with Gasteiger partial charge in [-0.1, -0.05) is 72.8 Å². The number of para-hydroxylation sites is 4. The van der Waals surface area contributed by atoms with Crippen LogP contribution in [0.15, 0.2) is 169 Å². The van der Waals surface area contributed by atoms with Gasteiger partial charge >= 0.3 is 0 Å². The van der Waals surface area contributed by atoms with Gasteiger partial charge in [0.1, 0.15) is 50.7 Å². The third kappa shape index (κ3) is 4.18. The summed E-state index contributed by atoms with van der Waals surface area (Å²) in [4.78, 5) is 3.93. The molecule has 0 atom stereocenters. The minimum Gasteiger partial charge on any atom is -0.455 e. The van der Waals surface area contributed by atoms with Gasteiger partial charge in [0, 0.05) is 43.1 Å². The van der Waals surface area contributed by atoms with E-state index < -0.39 is 5.82 Å². The van der Waals surface area contributed by atoms with E-state index in [1.54, 1.807) is 9.13 Å². The summed E-state index contributed by atoms with van der Waals surface area (Å²) in [6.07, 6.45) is 0. The minimum absolute atomic E-state index is 0.00873. The fourth-order valence-corrected chi connectivity index (χ4v) is 10.8. The highest BCUT2D eigenvalue weighted by atomic mass is 19.1. The second kappa shape index (κ2) is 12.0. The summed E-state index contributed by atoms with van der Waals surface area (Å²) in [5.41, 5.74) is 7.67. The normalized spacial score (nSPS) is 12.4. The van der Waals surface area contributed by atoms with Gasteiger partial charge in [-0.3, -0.25) is 0 Å². The number of nitriles is 1. The Balaban J connectivity index is 1.13. The predicted molar refractivity (Wildman–Crippen MR) is 255 cm³/mol. The van der Waals surface area contributed by atoms with Gasteiger partial charge in [0.15, 0.2) is 5.82 Å². The molecule has 0 saturated heterocycles. The molecule has 0 spiro atoms. The van der Waals surface area contributed by atoms with Crippen LogP contribution in [-0.2, 0) is 0 Å². The Morgan fingerprint density at radius 3 is 1.08 bits per heavy atom. The zero-order valence-corrected chi connectivity index (χ0v) is 33.7. The monoisotopic (exact) mass is 836 g/mol. The van der Waals surface area contributed by atoms with Crippen LogP contribution in [0.1, 0.15) is 5.56 Å². The largest absolute Gasteiger partial charge is 0.455 e. The third-order valence-electron chi connectivity index (χ3n) is 13.4. The van der Waals surface area contributed by atoms with Gasteiger partial charge in [-0.15, -0.1) is 0 Å². The summed E-state index contributed by atoms with van der Waals surface area (Å²) in [6, 6.07) is 51.0. The highest BCUT2D eigenvalue weighted by molar-refractivity contribution is 6.32. The van der Waals surface area contributed by atoms with Crippen molar-refractivity contribution in [1.29, 1.82) is 5.26 Å². The van der Waals surface area contributed by atoms with Crippen LogP contribution in [0.4, 0.5) is 10.1 Å². The number of rotatable bonds is 2. The Labute approximate surface area is 364 Å². The maximum Gasteiger partial charge on any atom is 0.215 e. The Morgan fingerprint density at radius 2 is 0.754 bits per heavy atom. The molecule has 6 heterocycles. The van der Waals surface area contributed by atoms with Crippen molar-refractivity contribution in [3.63, 3.8) is 0 Å².